The Kier molecular flexibility index (Phi) is 12.9. The lowest BCUT2D eigenvalue weighted by Gasteiger charge is -2.20. The zero-order chi connectivity index (χ0) is 34.3. The maximum atomic E-state index is 13.0. The van der Waals surface area contributed by atoms with E-state index in [-0.39, 0.29) is 49.2 Å². The molecule has 3 amide bonds. The Hall–Kier alpha value is -5.86. The second-order valence-electron chi connectivity index (χ2n) is 10.8. The third kappa shape index (κ3) is 10.9. The van der Waals surface area contributed by atoms with Gasteiger partial charge in [0.25, 0.3) is 0 Å². The molecule has 0 spiro atoms. The van der Waals surface area contributed by atoms with Gasteiger partial charge in [-0.3, -0.25) is 14.9 Å². The molecular weight excluding hydrogens is 620 g/mol. The van der Waals surface area contributed by atoms with E-state index >= 15 is 0 Å². The molecule has 0 unspecified atom stereocenters. The first-order chi connectivity index (χ1) is 23.2. The highest BCUT2D eigenvalue weighted by molar-refractivity contribution is 5.95. The van der Waals surface area contributed by atoms with Gasteiger partial charge in [0.05, 0.1) is 6.33 Å². The van der Waals surface area contributed by atoms with Crippen molar-refractivity contribution in [3.8, 4) is 0 Å². The van der Waals surface area contributed by atoms with Crippen LogP contribution in [0.15, 0.2) is 72.0 Å². The van der Waals surface area contributed by atoms with Crippen molar-refractivity contribution in [2.75, 3.05) is 30.3 Å². The molecule has 4 aromatic rings. The zero-order valence-corrected chi connectivity index (χ0v) is 26.8. The van der Waals surface area contributed by atoms with Crippen molar-refractivity contribution in [3.05, 3.63) is 78.1 Å². The summed E-state index contributed by atoms with van der Waals surface area (Å²) in [6.45, 7) is 3.73. The number of hydrogen-bond acceptors (Lipinski definition) is 10. The van der Waals surface area contributed by atoms with E-state index in [4.69, 9.17) is 9.47 Å². The minimum atomic E-state index is -1.12. The Morgan fingerprint density at radius 1 is 0.958 bits per heavy atom. The Labute approximate surface area is 277 Å². The van der Waals surface area contributed by atoms with Crippen LogP contribution in [0.25, 0.3) is 11.2 Å². The van der Waals surface area contributed by atoms with Crippen LogP contribution in [0.5, 0.6) is 0 Å². The quantitative estimate of drug-likeness (QED) is 0.110. The lowest BCUT2D eigenvalue weighted by molar-refractivity contribution is -0.144. The molecule has 2 aromatic heterocycles. The van der Waals surface area contributed by atoms with Gasteiger partial charge in [-0.05, 0) is 37.3 Å². The van der Waals surface area contributed by atoms with Gasteiger partial charge in [0.1, 0.15) is 26.3 Å². The molecule has 0 atom stereocenters. The molecule has 15 nitrogen and oxygen atoms in total. The maximum Gasteiger partial charge on any atom is 0.433 e. The Morgan fingerprint density at radius 3 is 2.27 bits per heavy atom. The minimum absolute atomic E-state index is 0.0342. The molecule has 0 saturated heterocycles. The second kappa shape index (κ2) is 17.7. The van der Waals surface area contributed by atoms with Crippen LogP contribution < -0.4 is 10.6 Å². The number of carboxylic acid groups (broad SMARTS) is 1. The molecule has 3 N–H and O–H groups in total. The molecule has 0 radical (unpaired) electrons. The largest absolute Gasteiger partial charge is 0.480 e. The fourth-order valence-electron chi connectivity index (χ4n) is 4.56. The number of aliphatic imine (C=N–C) groups is 1. The van der Waals surface area contributed by atoms with Crippen LogP contribution in [-0.4, -0.2) is 78.9 Å². The Morgan fingerprint density at radius 2 is 1.62 bits per heavy atom. The van der Waals surface area contributed by atoms with Crippen molar-refractivity contribution in [2.24, 2.45) is 4.99 Å². The van der Waals surface area contributed by atoms with Crippen LogP contribution in [0.1, 0.15) is 44.2 Å². The molecule has 2 aromatic carbocycles. The molecule has 15 heteroatoms. The maximum absolute atomic E-state index is 13.0. The zero-order valence-electron chi connectivity index (χ0n) is 26.8. The molecule has 0 aliphatic heterocycles. The third-order valence-corrected chi connectivity index (χ3v) is 6.86. The van der Waals surface area contributed by atoms with Crippen molar-refractivity contribution < 1.29 is 33.8 Å². The molecule has 2 heterocycles. The van der Waals surface area contributed by atoms with Crippen LogP contribution in [-0.2, 0) is 38.8 Å². The normalized spacial score (nSPS) is 11.2. The standard InChI is InChI=1S/C33H38N8O7/c1-3-17-40(19-27(43)44)26(42)18-41-22-35-28-29(38-33(46)48-21-25-14-8-5-9-15-25)37-31(39-30(28)41)34-16-10-11-23(2)36-32(45)47-20-24-12-6-4-7-13-24/h4-9,12-15,22H,3,10-11,16-21H2,1-2H3,(H,43,44)(H2,34,37,38,39,46)/b36-23-. The predicted molar refractivity (Wildman–Crippen MR) is 178 cm³/mol. The summed E-state index contributed by atoms with van der Waals surface area (Å²) < 4.78 is 12.0. The average Bonchev–Trinajstić information content (AvgIpc) is 3.48. The molecule has 0 fully saturated rings. The van der Waals surface area contributed by atoms with E-state index in [9.17, 15) is 24.3 Å². The summed E-state index contributed by atoms with van der Waals surface area (Å²) in [6.07, 6.45) is 1.56. The average molecular weight is 659 g/mol. The number of anilines is 2. The molecule has 4 rings (SSSR count). The summed E-state index contributed by atoms with van der Waals surface area (Å²) >= 11 is 0. The van der Waals surface area contributed by atoms with E-state index in [0.29, 0.717) is 31.5 Å². The van der Waals surface area contributed by atoms with Gasteiger partial charge in [-0.2, -0.15) is 15.0 Å². The monoisotopic (exact) mass is 658 g/mol. The molecule has 252 valence electrons. The number of ether oxygens (including phenoxy) is 2. The molecule has 0 aliphatic rings. The van der Waals surface area contributed by atoms with E-state index in [1.54, 1.807) is 6.92 Å². The molecule has 0 bridgehead atoms. The second-order valence-corrected chi connectivity index (χ2v) is 10.8. The van der Waals surface area contributed by atoms with Crippen LogP contribution in [0.2, 0.25) is 0 Å². The van der Waals surface area contributed by atoms with Crippen LogP contribution in [0.3, 0.4) is 0 Å². The van der Waals surface area contributed by atoms with Crippen molar-refractivity contribution in [1.29, 1.82) is 0 Å². The first-order valence-electron chi connectivity index (χ1n) is 15.4. The van der Waals surface area contributed by atoms with Crippen molar-refractivity contribution >= 4 is 52.7 Å². The highest BCUT2D eigenvalue weighted by Gasteiger charge is 2.21. The number of hydrogen-bond donors (Lipinski definition) is 3. The van der Waals surface area contributed by atoms with Crippen molar-refractivity contribution in [2.45, 2.75) is 52.9 Å². The van der Waals surface area contributed by atoms with Gasteiger partial charge < -0.3 is 29.4 Å². The minimum Gasteiger partial charge on any atom is -0.480 e. The van der Waals surface area contributed by atoms with E-state index in [0.717, 1.165) is 11.1 Å². The number of amides is 3. The third-order valence-electron chi connectivity index (χ3n) is 6.86. The van der Waals surface area contributed by atoms with Gasteiger partial charge in [-0.25, -0.2) is 14.6 Å². The van der Waals surface area contributed by atoms with E-state index in [1.807, 2.05) is 67.6 Å². The molecular formula is C33H38N8O7. The number of benzene rings is 2. The number of nitrogens with one attached hydrogen (secondary N) is 2. The molecule has 0 saturated carbocycles. The first-order valence-corrected chi connectivity index (χ1v) is 15.4. The Bertz CT molecular complexity index is 1730. The number of fused-ring (bicyclic) bond motifs is 1. The number of carboxylic acids is 1. The lowest BCUT2D eigenvalue weighted by Crippen LogP contribution is -2.38. The number of carbonyl (C=O) groups excluding carboxylic acids is 3. The van der Waals surface area contributed by atoms with Crippen LogP contribution >= 0.6 is 0 Å². The highest BCUT2D eigenvalue weighted by Crippen LogP contribution is 2.22. The fourth-order valence-corrected chi connectivity index (χ4v) is 4.56. The Balaban J connectivity index is 1.44. The van der Waals surface area contributed by atoms with Gasteiger partial charge in [0, 0.05) is 18.8 Å². The number of carbonyl (C=O) groups is 4. The van der Waals surface area contributed by atoms with Crippen molar-refractivity contribution in [1.82, 2.24) is 24.4 Å². The van der Waals surface area contributed by atoms with Gasteiger partial charge in [-0.1, -0.05) is 67.6 Å². The number of imidazole rings is 1. The summed E-state index contributed by atoms with van der Waals surface area (Å²) in [5.41, 5.74) is 2.70. The van der Waals surface area contributed by atoms with E-state index < -0.39 is 30.6 Å². The smallest absolute Gasteiger partial charge is 0.433 e. The van der Waals surface area contributed by atoms with Gasteiger partial charge in [0.15, 0.2) is 17.0 Å². The van der Waals surface area contributed by atoms with Gasteiger partial charge in [0.2, 0.25) is 11.9 Å². The summed E-state index contributed by atoms with van der Waals surface area (Å²) in [7, 11) is 0. The molecule has 48 heavy (non-hydrogen) atoms. The fraction of sp³-hybridized carbons (Fsp3) is 0.333. The van der Waals surface area contributed by atoms with Crippen molar-refractivity contribution in [3.63, 3.8) is 0 Å². The highest BCUT2D eigenvalue weighted by atomic mass is 16.6. The van der Waals surface area contributed by atoms with Gasteiger partial charge in [-0.15, -0.1) is 0 Å². The van der Waals surface area contributed by atoms with E-state index in [2.05, 4.69) is 30.6 Å². The summed E-state index contributed by atoms with van der Waals surface area (Å²) in [5, 5.41) is 15.0. The van der Waals surface area contributed by atoms with Gasteiger partial charge >= 0.3 is 18.2 Å². The molecule has 0 aliphatic carbocycles. The summed E-state index contributed by atoms with van der Waals surface area (Å²) in [4.78, 5) is 67.7. The number of nitrogens with zero attached hydrogens (tertiary/aromatic N) is 6. The van der Waals surface area contributed by atoms with Crippen LogP contribution in [0, 0.1) is 0 Å². The summed E-state index contributed by atoms with van der Waals surface area (Å²) in [5.74, 6) is -1.35. The number of aliphatic carboxylic acids is 1. The number of rotatable bonds is 16. The first kappa shape index (κ1) is 35.0. The summed E-state index contributed by atoms with van der Waals surface area (Å²) in [6, 6.07) is 18.5. The van der Waals surface area contributed by atoms with E-state index in [1.165, 1.54) is 15.8 Å². The lowest BCUT2D eigenvalue weighted by atomic mass is 10.2. The van der Waals surface area contributed by atoms with Crippen LogP contribution in [0.4, 0.5) is 21.4 Å². The topological polar surface area (TPSA) is 190 Å². The predicted octanol–water partition coefficient (Wildman–Crippen LogP) is 4.89. The number of aromatic nitrogens is 4. The SMILES string of the molecule is CCCN(CC(=O)O)C(=O)Cn1cnc2c(NC(=O)OCc3ccccc3)nc(NCCC/C(C)=N\C(=O)OCc3ccccc3)nc21.